The van der Waals surface area contributed by atoms with Gasteiger partial charge in [0.2, 0.25) is 0 Å². The summed E-state index contributed by atoms with van der Waals surface area (Å²) in [5, 5.41) is 0. The smallest absolute Gasteiger partial charge is 0.0922 e. The van der Waals surface area contributed by atoms with E-state index in [1.54, 1.807) is 12.5 Å². The number of rotatable bonds is 2. The summed E-state index contributed by atoms with van der Waals surface area (Å²) in [5.74, 6) is 0. The van der Waals surface area contributed by atoms with Gasteiger partial charge < -0.3 is 10.7 Å². The van der Waals surface area contributed by atoms with Crippen LogP contribution in [0.5, 0.6) is 0 Å². The highest BCUT2D eigenvalue weighted by atomic mass is 14.9. The summed E-state index contributed by atoms with van der Waals surface area (Å²) < 4.78 is 0. The number of hydrogen-bond donors (Lipinski definition) is 2. The summed E-state index contributed by atoms with van der Waals surface area (Å²) >= 11 is 0. The van der Waals surface area contributed by atoms with E-state index in [0.717, 1.165) is 12.1 Å². The minimum absolute atomic E-state index is 0.118. The lowest BCUT2D eigenvalue weighted by atomic mass is 10.2. The van der Waals surface area contributed by atoms with Crippen LogP contribution in [0.3, 0.4) is 0 Å². The van der Waals surface area contributed by atoms with E-state index in [9.17, 15) is 0 Å². The quantitative estimate of drug-likeness (QED) is 0.614. The van der Waals surface area contributed by atoms with Crippen molar-refractivity contribution in [3.8, 4) is 0 Å². The van der Waals surface area contributed by atoms with Crippen molar-refractivity contribution in [1.82, 2.24) is 9.97 Å². The van der Waals surface area contributed by atoms with E-state index in [1.165, 1.54) is 0 Å². The Bertz CT molecular complexity index is 157. The molecule has 50 valence electrons. The lowest BCUT2D eigenvalue weighted by Gasteiger charge is -2.02. The summed E-state index contributed by atoms with van der Waals surface area (Å²) in [6, 6.07) is 0.118. The maximum absolute atomic E-state index is 5.67. The maximum Gasteiger partial charge on any atom is 0.0922 e. The average molecular weight is 125 g/mol. The molecule has 1 aromatic heterocycles. The molecule has 9 heavy (non-hydrogen) atoms. The summed E-state index contributed by atoms with van der Waals surface area (Å²) in [7, 11) is 0. The fourth-order valence-electron chi connectivity index (χ4n) is 0.689. The highest BCUT2D eigenvalue weighted by molar-refractivity contribution is 4.99. The van der Waals surface area contributed by atoms with Crippen LogP contribution in [0.25, 0.3) is 0 Å². The molecule has 0 aliphatic carbocycles. The first-order chi connectivity index (χ1) is 4.34. The van der Waals surface area contributed by atoms with Gasteiger partial charge in [-0.2, -0.15) is 0 Å². The van der Waals surface area contributed by atoms with Gasteiger partial charge in [0.15, 0.2) is 0 Å². The molecule has 3 N–H and O–H groups in total. The van der Waals surface area contributed by atoms with Crippen molar-refractivity contribution in [1.29, 1.82) is 0 Å². The predicted octanol–water partition coefficient (Wildman–Crippen LogP) is 0.820. The van der Waals surface area contributed by atoms with E-state index in [1.807, 2.05) is 6.92 Å². The number of nitrogens with two attached hydrogens (primary N) is 1. The molecular weight excluding hydrogens is 114 g/mol. The number of aromatic amines is 1. The number of hydrogen-bond acceptors (Lipinski definition) is 2. The Hall–Kier alpha value is -0.830. The fraction of sp³-hybridized carbons (Fsp3) is 0.500. The number of aromatic nitrogens is 2. The minimum Gasteiger partial charge on any atom is -0.347 e. The van der Waals surface area contributed by atoms with Crippen molar-refractivity contribution in [2.24, 2.45) is 5.73 Å². The van der Waals surface area contributed by atoms with Gasteiger partial charge in [0.1, 0.15) is 0 Å². The second-order valence-corrected chi connectivity index (χ2v) is 2.02. The van der Waals surface area contributed by atoms with Crippen LogP contribution in [0.1, 0.15) is 25.1 Å². The van der Waals surface area contributed by atoms with E-state index in [4.69, 9.17) is 5.73 Å². The summed E-state index contributed by atoms with van der Waals surface area (Å²) in [6.07, 6.45) is 4.35. The number of nitrogens with one attached hydrogen (secondary N) is 1. The molecule has 1 aromatic rings. The first kappa shape index (κ1) is 6.29. The third kappa shape index (κ3) is 1.29. The first-order valence-electron chi connectivity index (χ1n) is 3.08. The zero-order valence-corrected chi connectivity index (χ0v) is 5.46. The molecule has 0 aromatic carbocycles. The summed E-state index contributed by atoms with van der Waals surface area (Å²) in [4.78, 5) is 6.81. The van der Waals surface area contributed by atoms with E-state index in [0.29, 0.717) is 0 Å². The Morgan fingerprint density at radius 1 is 1.89 bits per heavy atom. The van der Waals surface area contributed by atoms with Gasteiger partial charge in [-0.25, -0.2) is 4.98 Å². The zero-order valence-electron chi connectivity index (χ0n) is 5.46. The molecule has 1 heterocycles. The molecule has 0 fully saturated rings. The zero-order chi connectivity index (χ0) is 6.69. The van der Waals surface area contributed by atoms with Gasteiger partial charge in [-0.15, -0.1) is 0 Å². The fourth-order valence-corrected chi connectivity index (χ4v) is 0.689. The van der Waals surface area contributed by atoms with Crippen molar-refractivity contribution in [3.63, 3.8) is 0 Å². The molecule has 0 saturated carbocycles. The molecule has 3 heteroatoms. The van der Waals surface area contributed by atoms with Crippen LogP contribution < -0.4 is 5.73 Å². The average Bonchev–Trinajstić information content (AvgIpc) is 2.37. The topological polar surface area (TPSA) is 54.7 Å². The largest absolute Gasteiger partial charge is 0.347 e. The SMILES string of the molecule is CC[C@@H](N)c1cnc[nH]1. The Kier molecular flexibility index (Phi) is 1.85. The van der Waals surface area contributed by atoms with Gasteiger partial charge in [-0.05, 0) is 6.42 Å². The lowest BCUT2D eigenvalue weighted by molar-refractivity contribution is 0.680. The first-order valence-corrected chi connectivity index (χ1v) is 3.08. The molecule has 0 amide bonds. The van der Waals surface area contributed by atoms with E-state index in [-0.39, 0.29) is 6.04 Å². The number of nitrogens with zero attached hydrogens (tertiary/aromatic N) is 1. The minimum atomic E-state index is 0.118. The predicted molar refractivity (Wildman–Crippen MR) is 35.8 cm³/mol. The molecule has 0 unspecified atom stereocenters. The molecule has 3 nitrogen and oxygen atoms in total. The molecule has 0 bridgehead atoms. The van der Waals surface area contributed by atoms with Gasteiger partial charge >= 0.3 is 0 Å². The van der Waals surface area contributed by atoms with Crippen LogP contribution in [0, 0.1) is 0 Å². The van der Waals surface area contributed by atoms with Crippen molar-refractivity contribution in [2.75, 3.05) is 0 Å². The molecule has 0 spiro atoms. The van der Waals surface area contributed by atoms with Crippen molar-refractivity contribution in [3.05, 3.63) is 18.2 Å². The summed E-state index contributed by atoms with van der Waals surface area (Å²) in [6.45, 7) is 2.05. The molecule has 0 saturated heterocycles. The second kappa shape index (κ2) is 2.64. The van der Waals surface area contributed by atoms with Gasteiger partial charge in [0.25, 0.3) is 0 Å². The molecule has 1 rings (SSSR count). The van der Waals surface area contributed by atoms with Crippen LogP contribution in [0.15, 0.2) is 12.5 Å². The lowest BCUT2D eigenvalue weighted by Crippen LogP contribution is -2.08. The van der Waals surface area contributed by atoms with Crippen molar-refractivity contribution < 1.29 is 0 Å². The Balaban J connectivity index is 2.65. The van der Waals surface area contributed by atoms with E-state index < -0.39 is 0 Å². The Morgan fingerprint density at radius 3 is 3.11 bits per heavy atom. The third-order valence-corrected chi connectivity index (χ3v) is 1.36. The molecule has 0 aliphatic heterocycles. The van der Waals surface area contributed by atoms with Crippen molar-refractivity contribution in [2.45, 2.75) is 19.4 Å². The van der Waals surface area contributed by atoms with Gasteiger partial charge in [0, 0.05) is 12.2 Å². The molecular formula is C6H11N3. The van der Waals surface area contributed by atoms with Gasteiger partial charge in [0.05, 0.1) is 12.0 Å². The normalized spacial score (nSPS) is 13.6. The standard InChI is InChI=1S/C6H11N3/c1-2-5(7)6-3-8-4-9-6/h3-5H,2,7H2,1H3,(H,8,9)/t5-/m1/s1. The van der Waals surface area contributed by atoms with Crippen molar-refractivity contribution >= 4 is 0 Å². The summed E-state index contributed by atoms with van der Waals surface area (Å²) in [5.41, 5.74) is 6.68. The highest BCUT2D eigenvalue weighted by Crippen LogP contribution is 2.07. The number of imidazole rings is 1. The number of H-pyrrole nitrogens is 1. The van der Waals surface area contributed by atoms with Gasteiger partial charge in [-0.3, -0.25) is 0 Å². The Morgan fingerprint density at radius 2 is 2.67 bits per heavy atom. The van der Waals surface area contributed by atoms with Crippen LogP contribution in [-0.2, 0) is 0 Å². The molecule has 1 atom stereocenters. The third-order valence-electron chi connectivity index (χ3n) is 1.36. The molecule has 0 radical (unpaired) electrons. The van der Waals surface area contributed by atoms with Crippen LogP contribution >= 0.6 is 0 Å². The Labute approximate surface area is 54.3 Å². The van der Waals surface area contributed by atoms with Gasteiger partial charge in [-0.1, -0.05) is 6.92 Å². The molecule has 0 aliphatic rings. The van der Waals surface area contributed by atoms with Crippen LogP contribution in [0.2, 0.25) is 0 Å². The van der Waals surface area contributed by atoms with Crippen LogP contribution in [0.4, 0.5) is 0 Å². The van der Waals surface area contributed by atoms with Crippen LogP contribution in [-0.4, -0.2) is 9.97 Å². The van der Waals surface area contributed by atoms with E-state index in [2.05, 4.69) is 9.97 Å². The second-order valence-electron chi connectivity index (χ2n) is 2.02. The highest BCUT2D eigenvalue weighted by Gasteiger charge is 2.01. The maximum atomic E-state index is 5.67. The monoisotopic (exact) mass is 125 g/mol. The van der Waals surface area contributed by atoms with E-state index >= 15 is 0 Å².